The molecule has 0 aliphatic rings. The van der Waals surface area contributed by atoms with Crippen LogP contribution in [0.4, 0.5) is 0 Å². The lowest BCUT2D eigenvalue weighted by Gasteiger charge is -1.75. The smallest absolute Gasteiger partial charge is 0.403 e. The van der Waals surface area contributed by atoms with Crippen molar-refractivity contribution in [2.24, 2.45) is 0 Å². The highest BCUT2D eigenvalue weighted by Gasteiger charge is 1.81. The maximum Gasteiger partial charge on any atom is 0.418 e. The molecular weight excluding hydrogens is 259 g/mol. The molecule has 0 fully saturated rings. The molecule has 0 aliphatic heterocycles. The molecule has 0 bridgehead atoms. The Morgan fingerprint density at radius 1 is 1.64 bits per heavy atom. The van der Waals surface area contributed by atoms with Crippen molar-refractivity contribution in [3.8, 4) is 0 Å². The molecule has 0 radical (unpaired) electrons. The van der Waals surface area contributed by atoms with Crippen LogP contribution in [0.5, 0.6) is 0 Å². The first kappa shape index (κ1) is 8.25. The Balaban J connectivity index is 3.37. The van der Waals surface area contributed by atoms with Crippen LogP contribution in [0, 0.1) is 3.77 Å². The Labute approximate surface area is 76.1 Å². The minimum absolute atomic E-state index is 0.502. The van der Waals surface area contributed by atoms with Crippen molar-refractivity contribution in [1.29, 1.82) is 0 Å². The second-order valence-corrected chi connectivity index (χ2v) is 2.69. The van der Waals surface area contributed by atoms with Gasteiger partial charge in [0.2, 0.25) is 0 Å². The largest absolute Gasteiger partial charge is 0.418 e. The molecule has 1 rings (SSSR count). The van der Waals surface area contributed by atoms with Crippen molar-refractivity contribution in [1.82, 2.24) is 9.97 Å². The summed E-state index contributed by atoms with van der Waals surface area (Å²) in [5, 5.41) is 0. The third-order valence-electron chi connectivity index (χ3n) is 0.847. The molecule has 4 nitrogen and oxygen atoms in total. The quantitative estimate of drug-likeness (QED) is 0.713. The van der Waals surface area contributed by atoms with Gasteiger partial charge in [0.15, 0.2) is 3.77 Å². The summed E-state index contributed by atoms with van der Waals surface area (Å²) in [6, 6.07) is 3.32. The molecule has 5 heteroatoms. The molecule has 11 heavy (non-hydrogen) atoms. The van der Waals surface area contributed by atoms with Crippen LogP contribution in [-0.4, -0.2) is 9.97 Å². The van der Waals surface area contributed by atoms with Crippen molar-refractivity contribution >= 4 is 22.6 Å². The van der Waals surface area contributed by atoms with Crippen LogP contribution in [0.2, 0.25) is 0 Å². The van der Waals surface area contributed by atoms with E-state index in [0.717, 1.165) is 0 Å². The summed E-state index contributed by atoms with van der Waals surface area (Å²) in [4.78, 5) is 16.7. The third-order valence-corrected chi connectivity index (χ3v) is 1.43. The van der Waals surface area contributed by atoms with Gasteiger partial charge in [0.1, 0.15) is 0 Å². The summed E-state index contributed by atoms with van der Waals surface area (Å²) < 4.78 is 5.23. The number of aromatic nitrogens is 2. The van der Waals surface area contributed by atoms with Crippen LogP contribution in [0.25, 0.3) is 0 Å². The molecular formula is C6H5IN2O2. The zero-order valence-electron chi connectivity index (χ0n) is 5.45. The number of halogens is 1. The van der Waals surface area contributed by atoms with Crippen LogP contribution in [0.3, 0.4) is 0 Å². The van der Waals surface area contributed by atoms with E-state index in [1.165, 1.54) is 6.33 Å². The van der Waals surface area contributed by atoms with Gasteiger partial charge in [-0.2, -0.15) is 0 Å². The minimum atomic E-state index is -0.530. The lowest BCUT2D eigenvalue weighted by Crippen LogP contribution is -1.99. The maximum absolute atomic E-state index is 10.7. The standard InChI is InChI=1S/C6H5IN2O2/c7-5-2-1-3-8-4-9-6(10)11-5/h1-4H,(H,8,9,10). The van der Waals surface area contributed by atoms with E-state index in [1.54, 1.807) is 18.3 Å². The molecule has 58 valence electrons. The van der Waals surface area contributed by atoms with Crippen molar-refractivity contribution in [2.75, 3.05) is 0 Å². The highest BCUT2D eigenvalue weighted by Crippen LogP contribution is 1.94. The molecule has 0 aliphatic carbocycles. The Bertz CT molecular complexity index is 329. The highest BCUT2D eigenvalue weighted by molar-refractivity contribution is 14.1. The van der Waals surface area contributed by atoms with E-state index in [9.17, 15) is 4.79 Å². The highest BCUT2D eigenvalue weighted by atomic mass is 127. The van der Waals surface area contributed by atoms with Crippen LogP contribution in [0.1, 0.15) is 0 Å². The van der Waals surface area contributed by atoms with E-state index in [1.807, 2.05) is 22.6 Å². The van der Waals surface area contributed by atoms with Crippen molar-refractivity contribution in [3.05, 3.63) is 39.0 Å². The van der Waals surface area contributed by atoms with Gasteiger partial charge in [-0.1, -0.05) is 0 Å². The van der Waals surface area contributed by atoms with Crippen LogP contribution < -0.4 is 5.76 Å². The SMILES string of the molecule is O=c1[nH]cncccc(I)o1. The van der Waals surface area contributed by atoms with Crippen molar-refractivity contribution < 1.29 is 4.42 Å². The van der Waals surface area contributed by atoms with Gasteiger partial charge in [-0.25, -0.2) is 9.78 Å². The third kappa shape index (κ3) is 3.17. The van der Waals surface area contributed by atoms with Crippen LogP contribution in [0.15, 0.2) is 33.9 Å². The molecule has 1 N–H and O–H groups in total. The van der Waals surface area contributed by atoms with Crippen LogP contribution >= 0.6 is 22.6 Å². The lowest BCUT2D eigenvalue weighted by atomic mass is 10.6. The Kier molecular flexibility index (Phi) is 3.09. The molecule has 0 atom stereocenters. The van der Waals surface area contributed by atoms with Gasteiger partial charge in [-0.3, -0.25) is 4.98 Å². The van der Waals surface area contributed by atoms with E-state index in [2.05, 4.69) is 9.97 Å². The fourth-order valence-electron chi connectivity index (χ4n) is 0.453. The molecule has 1 heterocycles. The second-order valence-electron chi connectivity index (χ2n) is 1.62. The average molecular weight is 264 g/mol. The molecule has 0 aromatic carbocycles. The fraction of sp³-hybridized carbons (Fsp3) is 0. The summed E-state index contributed by atoms with van der Waals surface area (Å²) in [6.45, 7) is 0. The van der Waals surface area contributed by atoms with E-state index in [0.29, 0.717) is 3.77 Å². The molecule has 0 unspecified atom stereocenters. The van der Waals surface area contributed by atoms with E-state index in [4.69, 9.17) is 4.42 Å². The van der Waals surface area contributed by atoms with E-state index < -0.39 is 5.76 Å². The number of H-pyrrole nitrogens is 1. The van der Waals surface area contributed by atoms with Crippen molar-refractivity contribution in [3.63, 3.8) is 0 Å². The van der Waals surface area contributed by atoms with Gasteiger partial charge in [0.25, 0.3) is 0 Å². The predicted octanol–water partition coefficient (Wildman–Crippen LogP) is 1.09. The van der Waals surface area contributed by atoms with Gasteiger partial charge >= 0.3 is 5.76 Å². The molecule has 0 saturated heterocycles. The predicted molar refractivity (Wildman–Crippen MR) is 47.5 cm³/mol. The average Bonchev–Trinajstić information content (AvgIpc) is 2.02. The zero-order chi connectivity index (χ0) is 8.10. The van der Waals surface area contributed by atoms with Crippen LogP contribution in [-0.2, 0) is 0 Å². The Morgan fingerprint density at radius 2 is 2.45 bits per heavy atom. The zero-order valence-corrected chi connectivity index (χ0v) is 7.61. The number of aromatic amines is 1. The lowest BCUT2D eigenvalue weighted by molar-refractivity contribution is 0.465. The second kappa shape index (κ2) is 4.12. The number of nitrogens with one attached hydrogen (secondary N) is 1. The van der Waals surface area contributed by atoms with E-state index in [-0.39, 0.29) is 0 Å². The summed E-state index contributed by atoms with van der Waals surface area (Å²) in [6.07, 6.45) is 2.82. The van der Waals surface area contributed by atoms with Gasteiger partial charge < -0.3 is 4.42 Å². The first-order valence-corrected chi connectivity index (χ1v) is 3.89. The molecule has 0 spiro atoms. The number of hydrogen-bond donors (Lipinski definition) is 1. The summed E-state index contributed by atoms with van der Waals surface area (Å²) >= 11 is 1.90. The number of rotatable bonds is 0. The maximum atomic E-state index is 10.7. The first-order chi connectivity index (χ1) is 5.29. The monoisotopic (exact) mass is 264 g/mol. The summed E-state index contributed by atoms with van der Waals surface area (Å²) in [5.74, 6) is -0.530. The molecule has 1 aromatic heterocycles. The normalized spacial score (nSPS) is 8.82. The van der Waals surface area contributed by atoms with Gasteiger partial charge in [-0.05, 0) is 34.7 Å². The minimum Gasteiger partial charge on any atom is -0.403 e. The molecule has 1 aromatic rings. The van der Waals surface area contributed by atoms with Gasteiger partial charge in [0.05, 0.1) is 6.33 Å². The molecule has 0 saturated carbocycles. The first-order valence-electron chi connectivity index (χ1n) is 2.81. The number of nitrogens with zero attached hydrogens (tertiary/aromatic N) is 1. The Morgan fingerprint density at radius 3 is 3.27 bits per heavy atom. The topological polar surface area (TPSA) is 58.9 Å². The number of hydrogen-bond acceptors (Lipinski definition) is 3. The Hall–Kier alpha value is -0.850. The summed E-state index contributed by atoms with van der Waals surface area (Å²) in [7, 11) is 0. The van der Waals surface area contributed by atoms with Crippen molar-refractivity contribution in [2.45, 2.75) is 0 Å². The van der Waals surface area contributed by atoms with Gasteiger partial charge in [0, 0.05) is 6.20 Å². The van der Waals surface area contributed by atoms with Gasteiger partial charge in [-0.15, -0.1) is 0 Å². The molecule has 0 amide bonds. The summed E-state index contributed by atoms with van der Waals surface area (Å²) in [5.41, 5.74) is 0. The van der Waals surface area contributed by atoms with E-state index >= 15 is 0 Å². The fourth-order valence-corrected chi connectivity index (χ4v) is 0.861.